The minimum absolute atomic E-state index is 0.0225. The molecule has 0 radical (unpaired) electrons. The molecule has 1 aliphatic heterocycles. The van der Waals surface area contributed by atoms with Crippen molar-refractivity contribution < 1.29 is 24.2 Å². The van der Waals surface area contributed by atoms with E-state index >= 15 is 0 Å². The largest absolute Gasteiger partial charge is 0.458 e. The Labute approximate surface area is 209 Å². The number of pyridine rings is 1. The number of amides is 1. The fourth-order valence-corrected chi connectivity index (χ4v) is 4.82. The molecule has 2 heterocycles. The Bertz CT molecular complexity index is 1130. The lowest BCUT2D eigenvalue weighted by Crippen LogP contribution is -2.34. The molecule has 4 rings (SSSR count). The summed E-state index contributed by atoms with van der Waals surface area (Å²) in [5.41, 5.74) is 3.28. The zero-order valence-electron chi connectivity index (χ0n) is 19.7. The van der Waals surface area contributed by atoms with Crippen LogP contribution in [0.15, 0.2) is 66.5 Å². The van der Waals surface area contributed by atoms with Gasteiger partial charge in [0.1, 0.15) is 12.2 Å². The van der Waals surface area contributed by atoms with Gasteiger partial charge >= 0.3 is 12.1 Å². The van der Waals surface area contributed by atoms with Gasteiger partial charge in [-0.15, -0.1) is 0 Å². The van der Waals surface area contributed by atoms with Crippen LogP contribution in [0.1, 0.15) is 45.1 Å². The number of aromatic nitrogens is 1. The molecular weight excluding hydrogens is 468 g/mol. The Morgan fingerprint density at radius 3 is 2.71 bits per heavy atom. The molecule has 1 aromatic carbocycles. The summed E-state index contributed by atoms with van der Waals surface area (Å²) in [5.74, 6) is -0.402. The van der Waals surface area contributed by atoms with E-state index in [4.69, 9.17) is 21.1 Å². The molecule has 2 N–H and O–H groups in total. The van der Waals surface area contributed by atoms with Gasteiger partial charge in [0.25, 0.3) is 0 Å². The summed E-state index contributed by atoms with van der Waals surface area (Å²) in [6.07, 6.45) is 6.45. The topological polar surface area (TPSA) is 97.8 Å². The Morgan fingerprint density at radius 2 is 2.03 bits per heavy atom. The van der Waals surface area contributed by atoms with Crippen LogP contribution in [0.4, 0.5) is 10.5 Å². The fraction of sp³-hybridized carbons (Fsp3) is 0.370. The van der Waals surface area contributed by atoms with E-state index in [0.717, 1.165) is 16.7 Å². The fourth-order valence-electron chi connectivity index (χ4n) is 4.70. The Hall–Kier alpha value is -3.16. The highest BCUT2D eigenvalue weighted by molar-refractivity contribution is 6.30. The average molecular weight is 497 g/mol. The van der Waals surface area contributed by atoms with E-state index in [1.54, 1.807) is 24.5 Å². The van der Waals surface area contributed by atoms with E-state index in [2.05, 4.69) is 24.1 Å². The molecule has 1 fully saturated rings. The monoisotopic (exact) mass is 496 g/mol. The Morgan fingerprint density at radius 1 is 1.26 bits per heavy atom. The van der Waals surface area contributed by atoms with Crippen molar-refractivity contribution in [1.82, 2.24) is 4.98 Å². The molecular formula is C27H29ClN2O5. The first-order valence-corrected chi connectivity index (χ1v) is 12.0. The predicted molar refractivity (Wildman–Crippen MR) is 134 cm³/mol. The molecule has 2 aliphatic rings. The second-order valence-corrected chi connectivity index (χ2v) is 10.0. The lowest BCUT2D eigenvalue weighted by molar-refractivity contribution is -0.156. The molecule has 0 saturated carbocycles. The Balaban J connectivity index is 1.60. The molecule has 1 amide bonds. The van der Waals surface area contributed by atoms with Gasteiger partial charge in [-0.25, -0.2) is 4.79 Å². The summed E-state index contributed by atoms with van der Waals surface area (Å²) in [5, 5.41) is 13.3. The summed E-state index contributed by atoms with van der Waals surface area (Å²) in [6.45, 7) is 4.19. The van der Waals surface area contributed by atoms with Crippen molar-refractivity contribution in [3.63, 3.8) is 0 Å². The number of allylic oxidation sites excluding steroid dienone is 2. The van der Waals surface area contributed by atoms with Crippen LogP contribution in [0, 0.1) is 5.41 Å². The summed E-state index contributed by atoms with van der Waals surface area (Å²) >= 11 is 6.12. The van der Waals surface area contributed by atoms with Gasteiger partial charge in [-0.2, -0.15) is 0 Å². The highest BCUT2D eigenvalue weighted by atomic mass is 35.5. The molecule has 1 aliphatic carbocycles. The molecule has 1 unspecified atom stereocenters. The van der Waals surface area contributed by atoms with Crippen molar-refractivity contribution in [3.05, 3.63) is 77.1 Å². The van der Waals surface area contributed by atoms with E-state index in [1.165, 1.54) is 0 Å². The third-order valence-electron chi connectivity index (χ3n) is 6.27. The number of carbonyl (C=O) groups excluding carboxylic acids is 2. The molecule has 3 atom stereocenters. The third-order valence-corrected chi connectivity index (χ3v) is 6.52. The number of anilines is 1. The number of aliphatic hydroxyl groups excluding tert-OH is 1. The van der Waals surface area contributed by atoms with Crippen molar-refractivity contribution in [2.45, 2.75) is 57.8 Å². The van der Waals surface area contributed by atoms with Crippen LogP contribution < -0.4 is 5.32 Å². The molecule has 1 saturated heterocycles. The third kappa shape index (κ3) is 6.50. The maximum Gasteiger partial charge on any atom is 0.411 e. The minimum atomic E-state index is -0.703. The summed E-state index contributed by atoms with van der Waals surface area (Å²) in [4.78, 5) is 28.3. The quantitative estimate of drug-likeness (QED) is 0.527. The number of esters is 1. The van der Waals surface area contributed by atoms with Crippen LogP contribution in [0.25, 0.3) is 5.57 Å². The van der Waals surface area contributed by atoms with Gasteiger partial charge < -0.3 is 14.6 Å². The van der Waals surface area contributed by atoms with Crippen LogP contribution in [0.2, 0.25) is 5.02 Å². The number of aliphatic hydroxyl groups is 1. The van der Waals surface area contributed by atoms with Gasteiger partial charge in [-0.3, -0.25) is 15.1 Å². The van der Waals surface area contributed by atoms with Crippen molar-refractivity contribution in [2.75, 3.05) is 5.32 Å². The normalized spacial score (nSPS) is 24.2. The molecule has 0 bridgehead atoms. The highest BCUT2D eigenvalue weighted by Crippen LogP contribution is 2.46. The summed E-state index contributed by atoms with van der Waals surface area (Å²) in [7, 11) is 0. The number of halogens is 1. The van der Waals surface area contributed by atoms with E-state index in [-0.39, 0.29) is 17.9 Å². The van der Waals surface area contributed by atoms with E-state index in [9.17, 15) is 14.7 Å². The van der Waals surface area contributed by atoms with Crippen molar-refractivity contribution >= 4 is 34.9 Å². The van der Waals surface area contributed by atoms with Crippen molar-refractivity contribution in [1.29, 1.82) is 0 Å². The first-order valence-electron chi connectivity index (χ1n) is 11.6. The van der Waals surface area contributed by atoms with Gasteiger partial charge in [0, 0.05) is 24.1 Å². The van der Waals surface area contributed by atoms with E-state index in [0.29, 0.717) is 30.0 Å². The maximum absolute atomic E-state index is 12.6. The van der Waals surface area contributed by atoms with Crippen molar-refractivity contribution in [2.24, 2.45) is 5.41 Å². The molecule has 184 valence electrons. The lowest BCUT2D eigenvalue weighted by atomic mass is 9.69. The summed E-state index contributed by atoms with van der Waals surface area (Å²) in [6, 6.07) is 11.0. The number of ether oxygens (including phenoxy) is 2. The van der Waals surface area contributed by atoms with Gasteiger partial charge in [0.15, 0.2) is 0 Å². The van der Waals surface area contributed by atoms with Crippen LogP contribution in [0.5, 0.6) is 0 Å². The number of carbonyl (C=O) groups is 2. The molecule has 35 heavy (non-hydrogen) atoms. The van der Waals surface area contributed by atoms with Crippen LogP contribution in [0.3, 0.4) is 0 Å². The highest BCUT2D eigenvalue weighted by Gasteiger charge is 2.36. The van der Waals surface area contributed by atoms with E-state index in [1.807, 2.05) is 36.4 Å². The molecule has 7 nitrogen and oxygen atoms in total. The van der Waals surface area contributed by atoms with Gasteiger partial charge in [-0.1, -0.05) is 43.7 Å². The predicted octanol–water partition coefficient (Wildman–Crippen LogP) is 5.55. The van der Waals surface area contributed by atoms with Gasteiger partial charge in [0.05, 0.1) is 24.4 Å². The van der Waals surface area contributed by atoms with Gasteiger partial charge in [-0.05, 0) is 58.9 Å². The zero-order chi connectivity index (χ0) is 25.0. The maximum atomic E-state index is 12.6. The van der Waals surface area contributed by atoms with Crippen LogP contribution >= 0.6 is 11.6 Å². The number of hydrogen-bond acceptors (Lipinski definition) is 6. The molecule has 1 aromatic heterocycles. The number of nitrogens with zero attached hydrogens (tertiary/aromatic N) is 1. The molecule has 2 aromatic rings. The first-order chi connectivity index (χ1) is 16.7. The van der Waals surface area contributed by atoms with Crippen LogP contribution in [-0.4, -0.2) is 40.5 Å². The second kappa shape index (κ2) is 10.6. The minimum Gasteiger partial charge on any atom is -0.458 e. The molecule has 0 spiro atoms. The number of rotatable bonds is 5. The van der Waals surface area contributed by atoms with Crippen molar-refractivity contribution in [3.8, 4) is 0 Å². The lowest BCUT2D eigenvalue weighted by Gasteiger charge is -2.38. The second-order valence-electron chi connectivity index (χ2n) is 9.57. The SMILES string of the molecule is CC1(C)CC(OC(=O)Nc2cccnc2)CC(c2ccc(Cl)cc2)=C1/C=C/[C@@H]1C[C@@H](O)CC(=O)O1. The number of cyclic esters (lactones) is 1. The zero-order valence-corrected chi connectivity index (χ0v) is 20.5. The molecule has 8 heteroatoms. The summed E-state index contributed by atoms with van der Waals surface area (Å²) < 4.78 is 11.2. The Kier molecular flexibility index (Phi) is 7.57. The smallest absolute Gasteiger partial charge is 0.411 e. The number of benzene rings is 1. The van der Waals surface area contributed by atoms with E-state index < -0.39 is 24.3 Å². The van der Waals surface area contributed by atoms with Crippen LogP contribution in [-0.2, 0) is 14.3 Å². The average Bonchev–Trinajstić information content (AvgIpc) is 2.78. The number of nitrogens with one attached hydrogen (secondary N) is 1. The standard InChI is InChI=1S/C27H29ClN2O5/c1-27(2)15-22(35-26(33)30-19-4-3-11-29-16-19)14-23(17-5-7-18(28)8-6-17)24(27)10-9-21-12-20(31)13-25(32)34-21/h3-11,16,20-22,31H,12-15H2,1-2H3,(H,30,33)/b10-9+/t20-,21-,22?/m1/s1. The number of hydrogen-bond donors (Lipinski definition) is 2. The first kappa shape index (κ1) is 24.9. The van der Waals surface area contributed by atoms with Gasteiger partial charge in [0.2, 0.25) is 0 Å².